The van der Waals surface area contributed by atoms with Gasteiger partial charge in [0.25, 0.3) is 0 Å². The minimum atomic E-state index is -0.613. The van der Waals surface area contributed by atoms with Gasteiger partial charge in [-0.1, -0.05) is 42.5 Å². The highest BCUT2D eigenvalue weighted by molar-refractivity contribution is 5.20. The highest BCUT2D eigenvalue weighted by Crippen LogP contribution is 2.12. The number of hydrogen-bond donors (Lipinski definition) is 2. The fourth-order valence-electron chi connectivity index (χ4n) is 0.951. The topological polar surface area (TPSA) is 40.5 Å². The summed E-state index contributed by atoms with van der Waals surface area (Å²) in [6, 6.07) is 9.31. The first-order chi connectivity index (χ1) is 5.84. The van der Waals surface area contributed by atoms with Crippen molar-refractivity contribution >= 4 is 0 Å². The zero-order valence-corrected chi connectivity index (χ0v) is 6.72. The Morgan fingerprint density at radius 2 is 1.92 bits per heavy atom. The van der Waals surface area contributed by atoms with E-state index in [1.807, 2.05) is 30.3 Å². The number of rotatable bonds is 3. The zero-order valence-electron chi connectivity index (χ0n) is 6.72. The van der Waals surface area contributed by atoms with E-state index < -0.39 is 6.10 Å². The quantitative estimate of drug-likeness (QED) is 0.660. The smallest absolute Gasteiger partial charge is 0.0972 e. The van der Waals surface area contributed by atoms with Crippen molar-refractivity contribution in [1.29, 1.82) is 0 Å². The van der Waals surface area contributed by atoms with Crippen LogP contribution in [0.15, 0.2) is 42.5 Å². The molecule has 0 saturated heterocycles. The molecule has 0 bridgehead atoms. The Labute approximate surface area is 71.8 Å². The van der Waals surface area contributed by atoms with Gasteiger partial charge in [0.2, 0.25) is 0 Å². The van der Waals surface area contributed by atoms with Gasteiger partial charge in [-0.05, 0) is 5.56 Å². The molecule has 2 nitrogen and oxygen atoms in total. The summed E-state index contributed by atoms with van der Waals surface area (Å²) in [7, 11) is 0. The summed E-state index contributed by atoms with van der Waals surface area (Å²) in [5.74, 6) is 0. The second-order valence-corrected chi connectivity index (χ2v) is 2.47. The fourth-order valence-corrected chi connectivity index (χ4v) is 0.951. The first-order valence-corrected chi connectivity index (χ1v) is 3.85. The van der Waals surface area contributed by atoms with E-state index in [0.717, 1.165) is 5.56 Å². The van der Waals surface area contributed by atoms with E-state index in [0.29, 0.717) is 0 Å². The molecule has 0 aliphatic carbocycles. The standard InChI is InChI=1S/C10H12O2/c11-8-4-7-10(12)9-5-2-1-3-6-9/h1-7,10-12H,8H2. The van der Waals surface area contributed by atoms with Gasteiger partial charge in [0, 0.05) is 0 Å². The Hall–Kier alpha value is -1.12. The minimum absolute atomic E-state index is 0.0378. The molecule has 64 valence electrons. The van der Waals surface area contributed by atoms with Crippen molar-refractivity contribution in [2.24, 2.45) is 0 Å². The van der Waals surface area contributed by atoms with Crippen LogP contribution in [-0.4, -0.2) is 16.8 Å². The van der Waals surface area contributed by atoms with Crippen LogP contribution in [0.25, 0.3) is 0 Å². The van der Waals surface area contributed by atoms with Crippen LogP contribution in [0.4, 0.5) is 0 Å². The average molecular weight is 164 g/mol. The van der Waals surface area contributed by atoms with Crippen molar-refractivity contribution in [3.8, 4) is 0 Å². The molecule has 1 unspecified atom stereocenters. The summed E-state index contributed by atoms with van der Waals surface area (Å²) in [5, 5.41) is 17.9. The molecule has 1 aromatic carbocycles. The first-order valence-electron chi connectivity index (χ1n) is 3.85. The zero-order chi connectivity index (χ0) is 8.81. The summed E-state index contributed by atoms with van der Waals surface area (Å²) in [6.45, 7) is -0.0378. The van der Waals surface area contributed by atoms with Gasteiger partial charge in [0.1, 0.15) is 0 Å². The molecule has 2 N–H and O–H groups in total. The van der Waals surface area contributed by atoms with E-state index in [1.165, 1.54) is 6.08 Å². The van der Waals surface area contributed by atoms with Crippen LogP contribution >= 0.6 is 0 Å². The summed E-state index contributed by atoms with van der Waals surface area (Å²) in [4.78, 5) is 0. The largest absolute Gasteiger partial charge is 0.392 e. The van der Waals surface area contributed by atoms with Gasteiger partial charge in [-0.3, -0.25) is 0 Å². The van der Waals surface area contributed by atoms with Crippen LogP contribution < -0.4 is 0 Å². The van der Waals surface area contributed by atoms with Gasteiger partial charge in [-0.15, -0.1) is 0 Å². The number of aliphatic hydroxyl groups excluding tert-OH is 2. The third-order valence-corrected chi connectivity index (χ3v) is 1.56. The lowest BCUT2D eigenvalue weighted by Gasteiger charge is -2.03. The third kappa shape index (κ3) is 2.49. The first kappa shape index (κ1) is 8.97. The summed E-state index contributed by atoms with van der Waals surface area (Å²) in [6.07, 6.45) is 2.48. The third-order valence-electron chi connectivity index (χ3n) is 1.56. The van der Waals surface area contributed by atoms with Crippen molar-refractivity contribution < 1.29 is 10.2 Å². The Kier molecular flexibility index (Phi) is 3.51. The lowest BCUT2D eigenvalue weighted by atomic mass is 10.1. The monoisotopic (exact) mass is 164 g/mol. The van der Waals surface area contributed by atoms with E-state index in [9.17, 15) is 5.11 Å². The van der Waals surface area contributed by atoms with Gasteiger partial charge >= 0.3 is 0 Å². The highest BCUT2D eigenvalue weighted by Gasteiger charge is 1.99. The van der Waals surface area contributed by atoms with Crippen LogP contribution in [0.2, 0.25) is 0 Å². The van der Waals surface area contributed by atoms with E-state index in [4.69, 9.17) is 5.11 Å². The van der Waals surface area contributed by atoms with E-state index in [2.05, 4.69) is 0 Å². The molecule has 1 rings (SSSR count). The summed E-state index contributed by atoms with van der Waals surface area (Å²) < 4.78 is 0. The van der Waals surface area contributed by atoms with E-state index >= 15 is 0 Å². The normalized spacial score (nSPS) is 13.5. The molecule has 0 fully saturated rings. The lowest BCUT2D eigenvalue weighted by molar-refractivity contribution is 0.227. The SMILES string of the molecule is OCC=CC(O)c1ccccc1. The van der Waals surface area contributed by atoms with Crippen LogP contribution in [0, 0.1) is 0 Å². The molecule has 1 aromatic rings. The molecule has 0 aromatic heterocycles. The minimum Gasteiger partial charge on any atom is -0.392 e. The van der Waals surface area contributed by atoms with Gasteiger partial charge < -0.3 is 10.2 Å². The second kappa shape index (κ2) is 4.70. The van der Waals surface area contributed by atoms with Crippen molar-refractivity contribution in [2.75, 3.05) is 6.61 Å². The Bertz CT molecular complexity index is 241. The molecule has 0 heterocycles. The highest BCUT2D eigenvalue weighted by atomic mass is 16.3. The van der Waals surface area contributed by atoms with Crippen molar-refractivity contribution in [3.63, 3.8) is 0 Å². The summed E-state index contributed by atoms with van der Waals surface area (Å²) in [5.41, 5.74) is 0.835. The summed E-state index contributed by atoms with van der Waals surface area (Å²) >= 11 is 0. The van der Waals surface area contributed by atoms with Crippen LogP contribution in [0.3, 0.4) is 0 Å². The van der Waals surface area contributed by atoms with Gasteiger partial charge in [-0.2, -0.15) is 0 Å². The lowest BCUT2D eigenvalue weighted by Crippen LogP contribution is -1.92. The molecule has 0 aliphatic rings. The molecular weight excluding hydrogens is 152 g/mol. The molecule has 1 atom stereocenters. The van der Waals surface area contributed by atoms with Crippen LogP contribution in [0.5, 0.6) is 0 Å². The number of hydrogen-bond acceptors (Lipinski definition) is 2. The maximum atomic E-state index is 9.45. The predicted octanol–water partition coefficient (Wildman–Crippen LogP) is 1.27. The molecular formula is C10H12O2. The average Bonchev–Trinajstić information content (AvgIpc) is 2.15. The molecule has 0 saturated carbocycles. The Morgan fingerprint density at radius 3 is 2.50 bits per heavy atom. The molecule has 0 amide bonds. The van der Waals surface area contributed by atoms with Crippen molar-refractivity contribution in [3.05, 3.63) is 48.0 Å². The van der Waals surface area contributed by atoms with Crippen LogP contribution in [-0.2, 0) is 0 Å². The van der Waals surface area contributed by atoms with Crippen molar-refractivity contribution in [1.82, 2.24) is 0 Å². The second-order valence-electron chi connectivity index (χ2n) is 2.47. The Morgan fingerprint density at radius 1 is 1.25 bits per heavy atom. The molecule has 0 aliphatic heterocycles. The van der Waals surface area contributed by atoms with Crippen LogP contribution in [0.1, 0.15) is 11.7 Å². The molecule has 2 heteroatoms. The molecule has 12 heavy (non-hydrogen) atoms. The van der Waals surface area contributed by atoms with Crippen molar-refractivity contribution in [2.45, 2.75) is 6.10 Å². The maximum Gasteiger partial charge on any atom is 0.0972 e. The van der Waals surface area contributed by atoms with E-state index in [1.54, 1.807) is 6.08 Å². The molecule has 0 radical (unpaired) electrons. The number of aliphatic hydroxyl groups is 2. The predicted molar refractivity (Wildman–Crippen MR) is 47.6 cm³/mol. The van der Waals surface area contributed by atoms with Gasteiger partial charge in [0.15, 0.2) is 0 Å². The van der Waals surface area contributed by atoms with E-state index in [-0.39, 0.29) is 6.61 Å². The Balaban J connectivity index is 2.65. The fraction of sp³-hybridized carbons (Fsp3) is 0.200. The number of benzene rings is 1. The maximum absolute atomic E-state index is 9.45. The van der Waals surface area contributed by atoms with Gasteiger partial charge in [-0.25, -0.2) is 0 Å². The molecule has 0 spiro atoms. The van der Waals surface area contributed by atoms with Gasteiger partial charge in [0.05, 0.1) is 12.7 Å².